The topological polar surface area (TPSA) is 28.7 Å². The average molecular weight is 146 g/mol. The largest absolute Gasteiger partial charge is 0.348 e. The van der Waals surface area contributed by atoms with E-state index in [9.17, 15) is 0 Å². The first kappa shape index (κ1) is 6.40. The smallest absolute Gasteiger partial charge is 0.0921 e. The standard InChI is InChI=1S/C9H10N2/c1-2-4-8(3-1)5-9-6-10-7-11-9/h1-3,6-7H,4-5H2,(H,10,11). The van der Waals surface area contributed by atoms with Crippen LogP contribution in [-0.4, -0.2) is 9.97 Å². The summed E-state index contributed by atoms with van der Waals surface area (Å²) in [4.78, 5) is 7.05. The van der Waals surface area contributed by atoms with Crippen LogP contribution in [0.25, 0.3) is 0 Å². The molecule has 1 aromatic heterocycles. The fraction of sp³-hybridized carbons (Fsp3) is 0.222. The van der Waals surface area contributed by atoms with Crippen molar-refractivity contribution in [2.24, 2.45) is 0 Å². The van der Waals surface area contributed by atoms with E-state index in [4.69, 9.17) is 0 Å². The molecule has 1 aliphatic carbocycles. The van der Waals surface area contributed by atoms with Crippen LogP contribution in [0.15, 0.2) is 36.3 Å². The number of imidazole rings is 1. The summed E-state index contributed by atoms with van der Waals surface area (Å²) >= 11 is 0. The van der Waals surface area contributed by atoms with Crippen molar-refractivity contribution >= 4 is 0 Å². The summed E-state index contributed by atoms with van der Waals surface area (Å²) in [5.74, 6) is 0. The molecule has 1 N–H and O–H groups in total. The maximum atomic E-state index is 3.96. The molecule has 2 heteroatoms. The van der Waals surface area contributed by atoms with Gasteiger partial charge < -0.3 is 4.98 Å². The van der Waals surface area contributed by atoms with Gasteiger partial charge in [-0.15, -0.1) is 0 Å². The van der Waals surface area contributed by atoms with E-state index in [1.807, 2.05) is 6.20 Å². The Kier molecular flexibility index (Phi) is 1.60. The molecule has 0 atom stereocenters. The monoisotopic (exact) mass is 146 g/mol. The van der Waals surface area contributed by atoms with Gasteiger partial charge in [0.2, 0.25) is 0 Å². The van der Waals surface area contributed by atoms with Crippen molar-refractivity contribution in [3.8, 4) is 0 Å². The van der Waals surface area contributed by atoms with Gasteiger partial charge in [-0.1, -0.05) is 23.8 Å². The Labute approximate surface area is 65.7 Å². The lowest BCUT2D eigenvalue weighted by Gasteiger charge is -1.96. The maximum Gasteiger partial charge on any atom is 0.0921 e. The highest BCUT2D eigenvalue weighted by Crippen LogP contribution is 2.14. The van der Waals surface area contributed by atoms with Gasteiger partial charge in [0.05, 0.1) is 6.33 Å². The van der Waals surface area contributed by atoms with Crippen LogP contribution in [-0.2, 0) is 6.42 Å². The SMILES string of the molecule is C1=CCC(Cc2cnc[nH]2)=C1. The lowest BCUT2D eigenvalue weighted by Crippen LogP contribution is -1.86. The molecule has 0 saturated carbocycles. The second kappa shape index (κ2) is 2.74. The van der Waals surface area contributed by atoms with Crippen molar-refractivity contribution in [1.82, 2.24) is 9.97 Å². The summed E-state index contributed by atoms with van der Waals surface area (Å²) in [6, 6.07) is 0. The highest BCUT2D eigenvalue weighted by molar-refractivity contribution is 5.26. The van der Waals surface area contributed by atoms with Crippen molar-refractivity contribution in [3.05, 3.63) is 42.0 Å². The van der Waals surface area contributed by atoms with E-state index in [2.05, 4.69) is 28.2 Å². The quantitative estimate of drug-likeness (QED) is 0.677. The second-order valence-corrected chi connectivity index (χ2v) is 2.71. The average Bonchev–Trinajstić information content (AvgIpc) is 2.60. The Morgan fingerprint density at radius 1 is 1.55 bits per heavy atom. The van der Waals surface area contributed by atoms with E-state index >= 15 is 0 Å². The Hall–Kier alpha value is -1.31. The van der Waals surface area contributed by atoms with Crippen LogP contribution in [0.1, 0.15) is 12.1 Å². The molecule has 2 rings (SSSR count). The lowest BCUT2D eigenvalue weighted by molar-refractivity contribution is 1.04. The molecule has 56 valence electrons. The fourth-order valence-corrected chi connectivity index (χ4v) is 1.25. The van der Waals surface area contributed by atoms with Gasteiger partial charge in [0.25, 0.3) is 0 Å². The molecule has 0 saturated heterocycles. The summed E-state index contributed by atoms with van der Waals surface area (Å²) < 4.78 is 0. The molecule has 0 aromatic carbocycles. The third kappa shape index (κ3) is 1.40. The van der Waals surface area contributed by atoms with E-state index in [-0.39, 0.29) is 0 Å². The molecule has 0 fully saturated rings. The van der Waals surface area contributed by atoms with Crippen molar-refractivity contribution in [2.45, 2.75) is 12.8 Å². The van der Waals surface area contributed by atoms with Gasteiger partial charge in [-0.3, -0.25) is 0 Å². The molecule has 11 heavy (non-hydrogen) atoms. The zero-order valence-electron chi connectivity index (χ0n) is 6.25. The minimum Gasteiger partial charge on any atom is -0.348 e. The molecule has 1 heterocycles. The molecule has 1 aliphatic rings. The van der Waals surface area contributed by atoms with E-state index in [0.29, 0.717) is 0 Å². The molecular weight excluding hydrogens is 136 g/mol. The van der Waals surface area contributed by atoms with Crippen LogP contribution >= 0.6 is 0 Å². The first-order chi connectivity index (χ1) is 5.45. The molecule has 0 spiro atoms. The number of allylic oxidation sites excluding steroid dienone is 4. The molecule has 0 bridgehead atoms. The van der Waals surface area contributed by atoms with Gasteiger partial charge in [-0.2, -0.15) is 0 Å². The summed E-state index contributed by atoms with van der Waals surface area (Å²) in [6.45, 7) is 0. The summed E-state index contributed by atoms with van der Waals surface area (Å²) in [6.07, 6.45) is 12.1. The molecular formula is C9H10N2. The van der Waals surface area contributed by atoms with Gasteiger partial charge in [0, 0.05) is 18.3 Å². The number of hydrogen-bond acceptors (Lipinski definition) is 1. The maximum absolute atomic E-state index is 3.96. The third-order valence-electron chi connectivity index (χ3n) is 1.82. The first-order valence-electron chi connectivity index (χ1n) is 3.77. The predicted octanol–water partition coefficient (Wildman–Crippen LogP) is 1.84. The highest BCUT2D eigenvalue weighted by atomic mass is 14.9. The summed E-state index contributed by atoms with van der Waals surface area (Å²) in [5.41, 5.74) is 2.65. The molecule has 0 amide bonds. The lowest BCUT2D eigenvalue weighted by atomic mass is 10.1. The van der Waals surface area contributed by atoms with Gasteiger partial charge in [-0.25, -0.2) is 4.98 Å². The fourth-order valence-electron chi connectivity index (χ4n) is 1.25. The Balaban J connectivity index is 2.02. The van der Waals surface area contributed by atoms with Gasteiger partial charge in [0.1, 0.15) is 0 Å². The Morgan fingerprint density at radius 3 is 3.18 bits per heavy atom. The van der Waals surface area contributed by atoms with Crippen molar-refractivity contribution in [3.63, 3.8) is 0 Å². The van der Waals surface area contributed by atoms with Crippen molar-refractivity contribution < 1.29 is 0 Å². The van der Waals surface area contributed by atoms with Crippen LogP contribution in [0.5, 0.6) is 0 Å². The number of rotatable bonds is 2. The van der Waals surface area contributed by atoms with E-state index in [1.54, 1.807) is 6.33 Å². The molecule has 1 aromatic rings. The van der Waals surface area contributed by atoms with Crippen LogP contribution in [0.4, 0.5) is 0 Å². The van der Waals surface area contributed by atoms with Crippen LogP contribution in [0, 0.1) is 0 Å². The molecule has 0 unspecified atom stereocenters. The highest BCUT2D eigenvalue weighted by Gasteiger charge is 2.00. The van der Waals surface area contributed by atoms with E-state index in [0.717, 1.165) is 12.8 Å². The van der Waals surface area contributed by atoms with Crippen molar-refractivity contribution in [1.29, 1.82) is 0 Å². The van der Waals surface area contributed by atoms with E-state index < -0.39 is 0 Å². The van der Waals surface area contributed by atoms with Gasteiger partial charge in [-0.05, 0) is 6.42 Å². The zero-order chi connectivity index (χ0) is 7.52. The molecule has 2 nitrogen and oxygen atoms in total. The predicted molar refractivity (Wildman–Crippen MR) is 44.1 cm³/mol. The van der Waals surface area contributed by atoms with Gasteiger partial charge in [0.15, 0.2) is 0 Å². The molecule has 0 radical (unpaired) electrons. The third-order valence-corrected chi connectivity index (χ3v) is 1.82. The Bertz CT molecular complexity index is 281. The number of nitrogens with one attached hydrogen (secondary N) is 1. The minimum absolute atomic E-state index is 1.01. The van der Waals surface area contributed by atoms with Gasteiger partial charge >= 0.3 is 0 Å². The first-order valence-corrected chi connectivity index (χ1v) is 3.77. The molecule has 0 aliphatic heterocycles. The number of nitrogens with zero attached hydrogens (tertiary/aromatic N) is 1. The van der Waals surface area contributed by atoms with Crippen molar-refractivity contribution in [2.75, 3.05) is 0 Å². The minimum atomic E-state index is 1.01. The summed E-state index contributed by atoms with van der Waals surface area (Å²) in [5, 5.41) is 0. The van der Waals surface area contributed by atoms with E-state index in [1.165, 1.54) is 11.3 Å². The van der Waals surface area contributed by atoms with Crippen LogP contribution in [0.3, 0.4) is 0 Å². The second-order valence-electron chi connectivity index (χ2n) is 2.71. The zero-order valence-corrected chi connectivity index (χ0v) is 6.25. The number of aromatic nitrogens is 2. The summed E-state index contributed by atoms with van der Waals surface area (Å²) in [7, 11) is 0. The Morgan fingerprint density at radius 2 is 2.55 bits per heavy atom. The number of aromatic amines is 1. The number of H-pyrrole nitrogens is 1. The number of hydrogen-bond donors (Lipinski definition) is 1. The normalized spacial score (nSPS) is 15.5. The van der Waals surface area contributed by atoms with Crippen LogP contribution < -0.4 is 0 Å². The van der Waals surface area contributed by atoms with Crippen LogP contribution in [0.2, 0.25) is 0 Å².